The van der Waals surface area contributed by atoms with Gasteiger partial charge in [-0.05, 0) is 48.0 Å². The van der Waals surface area contributed by atoms with Gasteiger partial charge in [-0.2, -0.15) is 5.10 Å². The first-order chi connectivity index (χ1) is 14.9. The number of para-hydroxylation sites is 1. The molecule has 156 valence electrons. The predicted octanol–water partition coefficient (Wildman–Crippen LogP) is 5.55. The Labute approximate surface area is 194 Å². The highest BCUT2D eigenvalue weighted by molar-refractivity contribution is 6.37. The van der Waals surface area contributed by atoms with Crippen molar-refractivity contribution < 1.29 is 14.6 Å². The third-order valence-electron chi connectivity index (χ3n) is 3.92. The maximum Gasteiger partial charge on any atom is 0.271 e. The molecule has 0 saturated heterocycles. The Balaban J connectivity index is 1.58. The van der Waals surface area contributed by atoms with Crippen molar-refractivity contribution in [3.8, 4) is 23.3 Å². The number of benzene rings is 3. The lowest BCUT2D eigenvalue weighted by Gasteiger charge is -2.05. The van der Waals surface area contributed by atoms with Crippen LogP contribution in [0.4, 0.5) is 0 Å². The van der Waals surface area contributed by atoms with E-state index in [0.717, 1.165) is 11.1 Å². The lowest BCUT2D eigenvalue weighted by atomic mass is 10.1. The lowest BCUT2D eigenvalue weighted by molar-refractivity contribution is 0.0955. The van der Waals surface area contributed by atoms with E-state index in [1.54, 1.807) is 18.2 Å². The highest BCUT2D eigenvalue weighted by Gasteiger charge is 2.07. The minimum atomic E-state index is -0.454. The van der Waals surface area contributed by atoms with Crippen molar-refractivity contribution in [3.63, 3.8) is 0 Å². The summed E-state index contributed by atoms with van der Waals surface area (Å²) >= 11 is 17.9. The number of phenolic OH excluding ortho intramolecular Hbond substituents is 1. The van der Waals surface area contributed by atoms with Crippen molar-refractivity contribution in [1.82, 2.24) is 5.43 Å². The zero-order chi connectivity index (χ0) is 22.2. The number of carbonyl (C=O) groups excluding carboxylic acids is 1. The van der Waals surface area contributed by atoms with E-state index in [4.69, 9.17) is 39.5 Å². The molecule has 0 spiro atoms. The largest absolute Gasteiger partial charge is 0.506 e. The van der Waals surface area contributed by atoms with Crippen molar-refractivity contribution in [2.75, 3.05) is 6.61 Å². The van der Waals surface area contributed by atoms with Crippen LogP contribution in [-0.2, 0) is 0 Å². The van der Waals surface area contributed by atoms with Gasteiger partial charge in [-0.3, -0.25) is 4.79 Å². The van der Waals surface area contributed by atoms with E-state index in [1.807, 2.05) is 24.3 Å². The van der Waals surface area contributed by atoms with E-state index in [-0.39, 0.29) is 22.9 Å². The van der Waals surface area contributed by atoms with Crippen LogP contribution in [-0.4, -0.2) is 23.8 Å². The second-order valence-electron chi connectivity index (χ2n) is 6.13. The van der Waals surface area contributed by atoms with E-state index in [1.165, 1.54) is 24.4 Å². The number of rotatable bonds is 5. The van der Waals surface area contributed by atoms with Crippen LogP contribution in [0.15, 0.2) is 65.8 Å². The lowest BCUT2D eigenvalue weighted by Crippen LogP contribution is -2.17. The number of phenols is 1. The highest BCUT2D eigenvalue weighted by Crippen LogP contribution is 2.32. The molecule has 0 heterocycles. The van der Waals surface area contributed by atoms with Gasteiger partial charge in [0.25, 0.3) is 5.91 Å². The molecule has 3 rings (SSSR count). The molecule has 0 aromatic heterocycles. The molecular formula is C23H15Cl3N2O3. The monoisotopic (exact) mass is 472 g/mol. The van der Waals surface area contributed by atoms with Gasteiger partial charge in [0.2, 0.25) is 0 Å². The van der Waals surface area contributed by atoms with E-state index >= 15 is 0 Å². The number of ether oxygens (including phenoxy) is 1. The van der Waals surface area contributed by atoms with Crippen LogP contribution < -0.4 is 10.2 Å². The van der Waals surface area contributed by atoms with Crippen molar-refractivity contribution >= 4 is 46.9 Å². The van der Waals surface area contributed by atoms with Crippen molar-refractivity contribution in [2.24, 2.45) is 5.10 Å². The summed E-state index contributed by atoms with van der Waals surface area (Å²) in [6.07, 6.45) is 1.49. The summed E-state index contributed by atoms with van der Waals surface area (Å²) in [5.74, 6) is 5.73. The number of aromatic hydroxyl groups is 1. The van der Waals surface area contributed by atoms with Gasteiger partial charge in [0.05, 0.1) is 21.3 Å². The van der Waals surface area contributed by atoms with Crippen LogP contribution in [0.5, 0.6) is 11.5 Å². The quantitative estimate of drug-likeness (QED) is 0.290. The van der Waals surface area contributed by atoms with Crippen LogP contribution in [0.3, 0.4) is 0 Å². The van der Waals surface area contributed by atoms with E-state index in [0.29, 0.717) is 15.8 Å². The van der Waals surface area contributed by atoms with Gasteiger partial charge in [-0.1, -0.05) is 64.8 Å². The zero-order valence-corrected chi connectivity index (χ0v) is 18.2. The molecule has 0 unspecified atom stereocenters. The Morgan fingerprint density at radius 2 is 1.77 bits per heavy atom. The Hall–Kier alpha value is -3.17. The normalized spacial score (nSPS) is 10.4. The summed E-state index contributed by atoms with van der Waals surface area (Å²) in [5, 5.41) is 14.3. The molecule has 1 amide bonds. The predicted molar refractivity (Wildman–Crippen MR) is 123 cm³/mol. The summed E-state index contributed by atoms with van der Waals surface area (Å²) < 4.78 is 5.53. The SMILES string of the molecule is O=C(NN=Cc1cccc(C#CCOc2c(Cl)cccc2Cl)c1)c1ccc(O)c(Cl)c1. The molecule has 0 fully saturated rings. The third kappa shape index (κ3) is 6.40. The number of nitrogens with one attached hydrogen (secondary N) is 1. The molecule has 0 aliphatic carbocycles. The van der Waals surface area contributed by atoms with Crippen molar-refractivity contribution in [2.45, 2.75) is 0 Å². The second-order valence-corrected chi connectivity index (χ2v) is 7.35. The van der Waals surface area contributed by atoms with Crippen LogP contribution in [0.1, 0.15) is 21.5 Å². The smallest absolute Gasteiger partial charge is 0.271 e. The fourth-order valence-electron chi connectivity index (χ4n) is 2.44. The van der Waals surface area contributed by atoms with Crippen molar-refractivity contribution in [3.05, 3.63) is 92.4 Å². The number of halogens is 3. The van der Waals surface area contributed by atoms with Crippen LogP contribution >= 0.6 is 34.8 Å². The molecule has 5 nitrogen and oxygen atoms in total. The molecule has 31 heavy (non-hydrogen) atoms. The molecule has 3 aromatic rings. The summed E-state index contributed by atoms with van der Waals surface area (Å²) in [6.45, 7) is 0.118. The second kappa shape index (κ2) is 10.7. The number of hydrazone groups is 1. The molecule has 3 aromatic carbocycles. The molecule has 0 atom stereocenters. The van der Waals surface area contributed by atoms with Gasteiger partial charge in [-0.15, -0.1) is 0 Å². The minimum absolute atomic E-state index is 0.0868. The van der Waals surface area contributed by atoms with Gasteiger partial charge in [-0.25, -0.2) is 5.43 Å². The first-order valence-electron chi connectivity index (χ1n) is 8.91. The zero-order valence-electron chi connectivity index (χ0n) is 15.9. The number of amides is 1. The Morgan fingerprint density at radius 3 is 2.52 bits per heavy atom. The number of nitrogens with zero attached hydrogens (tertiary/aromatic N) is 1. The molecule has 0 aliphatic heterocycles. The van der Waals surface area contributed by atoms with Crippen LogP contribution in [0, 0.1) is 11.8 Å². The molecular weight excluding hydrogens is 459 g/mol. The molecule has 8 heteroatoms. The average Bonchev–Trinajstić information content (AvgIpc) is 2.75. The summed E-state index contributed by atoms with van der Waals surface area (Å²) in [7, 11) is 0. The molecule has 0 bridgehead atoms. The van der Waals surface area contributed by atoms with Gasteiger partial charge in [0, 0.05) is 11.1 Å². The Kier molecular flexibility index (Phi) is 7.80. The van der Waals surface area contributed by atoms with Crippen LogP contribution in [0.25, 0.3) is 0 Å². The van der Waals surface area contributed by atoms with Gasteiger partial charge < -0.3 is 9.84 Å². The van der Waals surface area contributed by atoms with E-state index < -0.39 is 5.91 Å². The molecule has 0 aliphatic rings. The standard InChI is InChI=1S/C23H15Cl3N2O3/c24-18-7-2-8-19(25)22(18)31-11-3-6-15-4-1-5-16(12-15)14-27-28-23(30)17-9-10-21(29)20(26)13-17/h1-2,4-5,7-10,12-14,29H,11H2,(H,28,30). The minimum Gasteiger partial charge on any atom is -0.506 e. The molecule has 0 saturated carbocycles. The fraction of sp³-hybridized carbons (Fsp3) is 0.0435. The van der Waals surface area contributed by atoms with E-state index in [9.17, 15) is 9.90 Å². The fourth-order valence-corrected chi connectivity index (χ4v) is 3.13. The topological polar surface area (TPSA) is 70.9 Å². The maximum atomic E-state index is 12.1. The van der Waals surface area contributed by atoms with Gasteiger partial charge >= 0.3 is 0 Å². The Bertz CT molecular complexity index is 1180. The van der Waals surface area contributed by atoms with Crippen molar-refractivity contribution in [1.29, 1.82) is 0 Å². The molecule has 0 radical (unpaired) electrons. The maximum absolute atomic E-state index is 12.1. The number of hydrogen-bond acceptors (Lipinski definition) is 4. The molecule has 2 N–H and O–H groups in total. The first kappa shape index (κ1) is 22.5. The number of carbonyl (C=O) groups is 1. The summed E-state index contributed by atoms with van der Waals surface area (Å²) in [5.41, 5.74) is 4.17. The first-order valence-corrected chi connectivity index (χ1v) is 10.0. The third-order valence-corrected chi connectivity index (χ3v) is 4.81. The van der Waals surface area contributed by atoms with Crippen LogP contribution in [0.2, 0.25) is 15.1 Å². The van der Waals surface area contributed by atoms with E-state index in [2.05, 4.69) is 22.4 Å². The summed E-state index contributed by atoms with van der Waals surface area (Å²) in [4.78, 5) is 12.1. The highest BCUT2D eigenvalue weighted by atomic mass is 35.5. The Morgan fingerprint density at radius 1 is 1.03 bits per heavy atom. The van der Waals surface area contributed by atoms with Gasteiger partial charge in [0.15, 0.2) is 5.75 Å². The van der Waals surface area contributed by atoms with Gasteiger partial charge in [0.1, 0.15) is 12.4 Å². The summed E-state index contributed by atoms with van der Waals surface area (Å²) in [6, 6.07) is 16.5. The average molecular weight is 474 g/mol. The number of hydrogen-bond donors (Lipinski definition) is 2.